The number of carbonyl (C=O) groups excluding carboxylic acids is 1. The fourth-order valence-corrected chi connectivity index (χ4v) is 1.16. The van der Waals surface area contributed by atoms with Crippen molar-refractivity contribution in [3.05, 3.63) is 0 Å². The Labute approximate surface area is 96.5 Å². The van der Waals surface area contributed by atoms with E-state index in [2.05, 4.69) is 10.6 Å². The second-order valence-corrected chi connectivity index (χ2v) is 3.48. The van der Waals surface area contributed by atoms with E-state index in [4.69, 9.17) is 10.5 Å². The summed E-state index contributed by atoms with van der Waals surface area (Å²) in [4.78, 5) is 11.2. The standard InChI is InChI=1S/C10H23N3O3/c1-3-16-10(15)9(14)8(2)13-7-6-12-5-4-11/h8-9,12-14H,3-7,11H2,1-2H3. The maximum Gasteiger partial charge on any atom is 0.336 e. The monoisotopic (exact) mass is 233 g/mol. The third-order valence-corrected chi connectivity index (χ3v) is 2.09. The van der Waals surface area contributed by atoms with E-state index in [-0.39, 0.29) is 12.6 Å². The zero-order valence-corrected chi connectivity index (χ0v) is 10.0. The van der Waals surface area contributed by atoms with E-state index in [1.807, 2.05) is 0 Å². The topological polar surface area (TPSA) is 96.6 Å². The van der Waals surface area contributed by atoms with Crippen molar-refractivity contribution in [3.8, 4) is 0 Å². The van der Waals surface area contributed by atoms with Crippen LogP contribution in [0.4, 0.5) is 0 Å². The first-order valence-corrected chi connectivity index (χ1v) is 5.62. The molecule has 0 fully saturated rings. The van der Waals surface area contributed by atoms with Crippen LogP contribution in [0.15, 0.2) is 0 Å². The molecule has 16 heavy (non-hydrogen) atoms. The predicted octanol–water partition coefficient (Wildman–Crippen LogP) is -1.56. The highest BCUT2D eigenvalue weighted by molar-refractivity contribution is 5.75. The molecule has 0 aliphatic rings. The lowest BCUT2D eigenvalue weighted by atomic mass is 10.2. The number of carbonyl (C=O) groups is 1. The highest BCUT2D eigenvalue weighted by Gasteiger charge is 2.22. The molecule has 6 heteroatoms. The fourth-order valence-electron chi connectivity index (χ4n) is 1.16. The highest BCUT2D eigenvalue weighted by Crippen LogP contribution is 1.95. The van der Waals surface area contributed by atoms with Crippen molar-refractivity contribution >= 4 is 5.97 Å². The van der Waals surface area contributed by atoms with Gasteiger partial charge in [-0.05, 0) is 13.8 Å². The number of nitrogens with one attached hydrogen (secondary N) is 2. The highest BCUT2D eigenvalue weighted by atomic mass is 16.5. The Bertz CT molecular complexity index is 190. The smallest absolute Gasteiger partial charge is 0.336 e. The van der Waals surface area contributed by atoms with E-state index in [1.54, 1.807) is 13.8 Å². The fraction of sp³-hybridized carbons (Fsp3) is 0.900. The van der Waals surface area contributed by atoms with Gasteiger partial charge in [-0.25, -0.2) is 4.79 Å². The van der Waals surface area contributed by atoms with Gasteiger partial charge in [0.2, 0.25) is 0 Å². The summed E-state index contributed by atoms with van der Waals surface area (Å²) in [7, 11) is 0. The summed E-state index contributed by atoms with van der Waals surface area (Å²) >= 11 is 0. The summed E-state index contributed by atoms with van der Waals surface area (Å²) in [6.45, 7) is 6.50. The number of ether oxygens (including phenoxy) is 1. The Morgan fingerprint density at radius 3 is 2.69 bits per heavy atom. The number of aliphatic hydroxyl groups is 1. The summed E-state index contributed by atoms with van der Waals surface area (Å²) in [6.07, 6.45) is -1.12. The third-order valence-electron chi connectivity index (χ3n) is 2.09. The SMILES string of the molecule is CCOC(=O)C(O)C(C)NCCNCCN. The Morgan fingerprint density at radius 1 is 1.44 bits per heavy atom. The van der Waals surface area contributed by atoms with Crippen molar-refractivity contribution in [1.82, 2.24) is 10.6 Å². The van der Waals surface area contributed by atoms with E-state index in [0.717, 1.165) is 13.1 Å². The number of aliphatic hydroxyl groups excluding tert-OH is 1. The molecule has 0 amide bonds. The molecular weight excluding hydrogens is 210 g/mol. The largest absolute Gasteiger partial charge is 0.464 e. The molecule has 0 aromatic rings. The molecule has 0 aromatic carbocycles. The molecule has 6 nitrogen and oxygen atoms in total. The Morgan fingerprint density at radius 2 is 2.12 bits per heavy atom. The molecule has 0 aromatic heterocycles. The summed E-state index contributed by atoms with van der Waals surface area (Å²) in [5, 5.41) is 15.7. The van der Waals surface area contributed by atoms with Crippen LogP contribution >= 0.6 is 0 Å². The lowest BCUT2D eigenvalue weighted by molar-refractivity contribution is -0.154. The molecular formula is C10H23N3O3. The van der Waals surface area contributed by atoms with Crippen LogP contribution < -0.4 is 16.4 Å². The molecule has 5 N–H and O–H groups in total. The van der Waals surface area contributed by atoms with Gasteiger partial charge in [0.05, 0.1) is 6.61 Å². The van der Waals surface area contributed by atoms with Crippen LogP contribution in [0.5, 0.6) is 0 Å². The van der Waals surface area contributed by atoms with E-state index in [0.29, 0.717) is 13.1 Å². The second kappa shape index (κ2) is 9.53. The van der Waals surface area contributed by atoms with Gasteiger partial charge in [-0.1, -0.05) is 0 Å². The van der Waals surface area contributed by atoms with Crippen LogP contribution in [-0.2, 0) is 9.53 Å². The molecule has 2 atom stereocenters. The van der Waals surface area contributed by atoms with Crippen LogP contribution in [0.3, 0.4) is 0 Å². The van der Waals surface area contributed by atoms with E-state index in [1.165, 1.54) is 0 Å². The molecule has 96 valence electrons. The molecule has 0 spiro atoms. The molecule has 0 saturated heterocycles. The predicted molar refractivity (Wildman–Crippen MR) is 62.0 cm³/mol. The average Bonchev–Trinajstić information content (AvgIpc) is 2.27. The van der Waals surface area contributed by atoms with Gasteiger partial charge < -0.3 is 26.2 Å². The zero-order valence-electron chi connectivity index (χ0n) is 10.0. The van der Waals surface area contributed by atoms with Gasteiger partial charge in [0.25, 0.3) is 0 Å². The summed E-state index contributed by atoms with van der Waals surface area (Å²) < 4.78 is 4.71. The third kappa shape index (κ3) is 6.73. The van der Waals surface area contributed by atoms with Crippen molar-refractivity contribution in [2.75, 3.05) is 32.8 Å². The first-order valence-electron chi connectivity index (χ1n) is 5.62. The molecule has 0 saturated carbocycles. The van der Waals surface area contributed by atoms with Crippen molar-refractivity contribution in [3.63, 3.8) is 0 Å². The van der Waals surface area contributed by atoms with Gasteiger partial charge in [-0.2, -0.15) is 0 Å². The first-order chi connectivity index (χ1) is 7.63. The van der Waals surface area contributed by atoms with Crippen molar-refractivity contribution < 1.29 is 14.6 Å². The minimum atomic E-state index is -1.12. The minimum absolute atomic E-state index is 0.278. The maximum atomic E-state index is 11.2. The van der Waals surface area contributed by atoms with Crippen LogP contribution in [-0.4, -0.2) is 56.0 Å². The first kappa shape index (κ1) is 15.3. The lowest BCUT2D eigenvalue weighted by Crippen LogP contribution is -2.45. The quantitative estimate of drug-likeness (QED) is 0.284. The van der Waals surface area contributed by atoms with Gasteiger partial charge >= 0.3 is 5.97 Å². The normalized spacial score (nSPS) is 14.5. The van der Waals surface area contributed by atoms with Crippen molar-refractivity contribution in [2.45, 2.75) is 26.0 Å². The number of esters is 1. The Hall–Kier alpha value is -0.690. The van der Waals surface area contributed by atoms with Gasteiger partial charge in [-0.15, -0.1) is 0 Å². The lowest BCUT2D eigenvalue weighted by Gasteiger charge is -2.18. The van der Waals surface area contributed by atoms with E-state index < -0.39 is 12.1 Å². The number of nitrogens with two attached hydrogens (primary N) is 1. The van der Waals surface area contributed by atoms with Crippen LogP contribution in [0.1, 0.15) is 13.8 Å². The average molecular weight is 233 g/mol. The molecule has 2 unspecified atom stereocenters. The molecule has 0 aliphatic heterocycles. The molecule has 0 heterocycles. The van der Waals surface area contributed by atoms with Gasteiger partial charge in [0, 0.05) is 32.2 Å². The van der Waals surface area contributed by atoms with Crippen LogP contribution in [0, 0.1) is 0 Å². The summed E-state index contributed by atoms with van der Waals surface area (Å²) in [6, 6.07) is -0.321. The van der Waals surface area contributed by atoms with E-state index >= 15 is 0 Å². The van der Waals surface area contributed by atoms with Gasteiger partial charge in [0.1, 0.15) is 0 Å². The Kier molecular flexibility index (Phi) is 9.12. The molecule has 0 aliphatic carbocycles. The number of rotatable bonds is 9. The Balaban J connectivity index is 3.62. The van der Waals surface area contributed by atoms with Crippen molar-refractivity contribution in [2.24, 2.45) is 5.73 Å². The van der Waals surface area contributed by atoms with Gasteiger partial charge in [0.15, 0.2) is 6.10 Å². The van der Waals surface area contributed by atoms with Crippen LogP contribution in [0.25, 0.3) is 0 Å². The second-order valence-electron chi connectivity index (χ2n) is 3.48. The maximum absolute atomic E-state index is 11.2. The minimum Gasteiger partial charge on any atom is -0.464 e. The van der Waals surface area contributed by atoms with Gasteiger partial charge in [-0.3, -0.25) is 0 Å². The number of hydrogen-bond acceptors (Lipinski definition) is 6. The van der Waals surface area contributed by atoms with Crippen molar-refractivity contribution in [1.29, 1.82) is 0 Å². The molecule has 0 radical (unpaired) electrons. The molecule has 0 bridgehead atoms. The van der Waals surface area contributed by atoms with E-state index in [9.17, 15) is 9.90 Å². The molecule has 0 rings (SSSR count). The summed E-state index contributed by atoms with van der Waals surface area (Å²) in [5.74, 6) is -0.586. The zero-order chi connectivity index (χ0) is 12.4. The van der Waals surface area contributed by atoms with Crippen LogP contribution in [0.2, 0.25) is 0 Å². The number of hydrogen-bond donors (Lipinski definition) is 4. The summed E-state index contributed by atoms with van der Waals surface area (Å²) in [5.41, 5.74) is 5.31.